The number of benzene rings is 1. The van der Waals surface area contributed by atoms with Crippen LogP contribution >= 0.6 is 0 Å². The van der Waals surface area contributed by atoms with Gasteiger partial charge in [-0.15, -0.1) is 0 Å². The molecule has 5 heteroatoms. The SMILES string of the molecule is CCNC(=NCC1(c2ccccc2C)CCOCC1)NCCOC. The van der Waals surface area contributed by atoms with Crippen LogP contribution in [-0.4, -0.2) is 52.5 Å². The van der Waals surface area contributed by atoms with Crippen LogP contribution in [0.25, 0.3) is 0 Å². The Hall–Kier alpha value is -1.59. The maximum Gasteiger partial charge on any atom is 0.191 e. The van der Waals surface area contributed by atoms with Gasteiger partial charge < -0.3 is 20.1 Å². The predicted octanol–water partition coefficient (Wildman–Crippen LogP) is 2.24. The Bertz CT molecular complexity index is 525. The van der Waals surface area contributed by atoms with E-state index in [1.807, 2.05) is 0 Å². The van der Waals surface area contributed by atoms with Crippen LogP contribution in [-0.2, 0) is 14.9 Å². The van der Waals surface area contributed by atoms with Crippen molar-refractivity contribution in [2.75, 3.05) is 46.6 Å². The summed E-state index contributed by atoms with van der Waals surface area (Å²) in [5.41, 5.74) is 2.81. The minimum Gasteiger partial charge on any atom is -0.383 e. The third-order valence-corrected chi connectivity index (χ3v) is 4.65. The summed E-state index contributed by atoms with van der Waals surface area (Å²) in [4.78, 5) is 4.88. The van der Waals surface area contributed by atoms with Crippen LogP contribution in [0.5, 0.6) is 0 Å². The van der Waals surface area contributed by atoms with Gasteiger partial charge in [0.15, 0.2) is 5.96 Å². The van der Waals surface area contributed by atoms with Crippen molar-refractivity contribution in [3.8, 4) is 0 Å². The first-order valence-electron chi connectivity index (χ1n) is 8.87. The molecule has 0 radical (unpaired) electrons. The Morgan fingerprint density at radius 1 is 1.25 bits per heavy atom. The van der Waals surface area contributed by atoms with Crippen LogP contribution in [0.4, 0.5) is 0 Å². The largest absolute Gasteiger partial charge is 0.383 e. The van der Waals surface area contributed by atoms with Crippen LogP contribution < -0.4 is 10.6 Å². The van der Waals surface area contributed by atoms with Gasteiger partial charge in [0.25, 0.3) is 0 Å². The lowest BCUT2D eigenvalue weighted by molar-refractivity contribution is 0.0529. The Labute approximate surface area is 145 Å². The van der Waals surface area contributed by atoms with E-state index in [-0.39, 0.29) is 5.41 Å². The maximum absolute atomic E-state index is 5.62. The molecule has 1 aromatic carbocycles. The first-order chi connectivity index (χ1) is 11.7. The molecule has 0 bridgehead atoms. The molecule has 24 heavy (non-hydrogen) atoms. The zero-order valence-corrected chi connectivity index (χ0v) is 15.2. The zero-order chi connectivity index (χ0) is 17.3. The van der Waals surface area contributed by atoms with Crippen molar-refractivity contribution in [2.45, 2.75) is 32.1 Å². The van der Waals surface area contributed by atoms with Gasteiger partial charge in [-0.05, 0) is 37.8 Å². The van der Waals surface area contributed by atoms with Gasteiger partial charge in [0.1, 0.15) is 0 Å². The van der Waals surface area contributed by atoms with Gasteiger partial charge in [-0.25, -0.2) is 0 Å². The first kappa shape index (κ1) is 18.7. The van der Waals surface area contributed by atoms with E-state index in [1.165, 1.54) is 11.1 Å². The fraction of sp³-hybridized carbons (Fsp3) is 0.632. The molecule has 0 spiro atoms. The van der Waals surface area contributed by atoms with Crippen molar-refractivity contribution < 1.29 is 9.47 Å². The number of rotatable bonds is 7. The van der Waals surface area contributed by atoms with E-state index in [4.69, 9.17) is 14.5 Å². The molecular weight excluding hydrogens is 302 g/mol. The molecule has 0 saturated carbocycles. The van der Waals surface area contributed by atoms with Crippen LogP contribution in [0.15, 0.2) is 29.3 Å². The van der Waals surface area contributed by atoms with Crippen LogP contribution in [0.1, 0.15) is 30.9 Å². The van der Waals surface area contributed by atoms with E-state index in [9.17, 15) is 0 Å². The van der Waals surface area contributed by atoms with Gasteiger partial charge in [0.2, 0.25) is 0 Å². The average Bonchev–Trinajstić information content (AvgIpc) is 2.61. The number of ether oxygens (including phenoxy) is 2. The zero-order valence-electron chi connectivity index (χ0n) is 15.2. The molecular formula is C19H31N3O2. The number of guanidine groups is 1. The van der Waals surface area contributed by atoms with E-state index in [0.29, 0.717) is 6.61 Å². The Morgan fingerprint density at radius 2 is 2.00 bits per heavy atom. The lowest BCUT2D eigenvalue weighted by atomic mass is 9.72. The summed E-state index contributed by atoms with van der Waals surface area (Å²) >= 11 is 0. The standard InChI is InChI=1S/C19H31N3O2/c1-4-20-18(21-11-14-23-3)22-15-19(9-12-24-13-10-19)17-8-6-5-7-16(17)2/h5-8H,4,9-15H2,1-3H3,(H2,20,21,22). The van der Waals surface area contributed by atoms with Gasteiger partial charge in [-0.1, -0.05) is 24.3 Å². The average molecular weight is 333 g/mol. The van der Waals surface area contributed by atoms with E-state index in [2.05, 4.69) is 48.7 Å². The normalized spacial score (nSPS) is 17.5. The maximum atomic E-state index is 5.62. The summed E-state index contributed by atoms with van der Waals surface area (Å²) in [5, 5.41) is 6.64. The Balaban J connectivity index is 2.18. The lowest BCUT2D eigenvalue weighted by Crippen LogP contribution is -2.42. The highest BCUT2D eigenvalue weighted by Gasteiger charge is 2.35. The van der Waals surface area contributed by atoms with Gasteiger partial charge in [-0.2, -0.15) is 0 Å². The minimum absolute atomic E-state index is 0.0627. The smallest absolute Gasteiger partial charge is 0.191 e. The van der Waals surface area contributed by atoms with E-state index >= 15 is 0 Å². The summed E-state index contributed by atoms with van der Waals surface area (Å²) in [5.74, 6) is 0.856. The number of hydrogen-bond acceptors (Lipinski definition) is 3. The molecule has 0 amide bonds. The molecule has 134 valence electrons. The van der Waals surface area contributed by atoms with Crippen LogP contribution in [0.2, 0.25) is 0 Å². The topological polar surface area (TPSA) is 54.9 Å². The monoisotopic (exact) mass is 333 g/mol. The van der Waals surface area contributed by atoms with Crippen LogP contribution in [0.3, 0.4) is 0 Å². The second-order valence-corrected chi connectivity index (χ2v) is 6.32. The molecule has 1 heterocycles. The number of aliphatic imine (C=N–C) groups is 1. The van der Waals surface area contributed by atoms with E-state index < -0.39 is 0 Å². The molecule has 1 aliphatic heterocycles. The van der Waals surface area contributed by atoms with Crippen molar-refractivity contribution >= 4 is 5.96 Å². The molecule has 0 aromatic heterocycles. The Morgan fingerprint density at radius 3 is 2.67 bits per heavy atom. The minimum atomic E-state index is 0.0627. The van der Waals surface area contributed by atoms with Crippen molar-refractivity contribution in [2.24, 2.45) is 4.99 Å². The van der Waals surface area contributed by atoms with E-state index in [1.54, 1.807) is 7.11 Å². The van der Waals surface area contributed by atoms with Gasteiger partial charge in [0.05, 0.1) is 13.2 Å². The molecule has 2 N–H and O–H groups in total. The number of nitrogens with one attached hydrogen (secondary N) is 2. The van der Waals surface area contributed by atoms with Crippen molar-refractivity contribution in [1.29, 1.82) is 0 Å². The molecule has 0 aliphatic carbocycles. The molecule has 5 nitrogen and oxygen atoms in total. The van der Waals surface area contributed by atoms with Crippen molar-refractivity contribution in [1.82, 2.24) is 10.6 Å². The number of aryl methyl sites for hydroxylation is 1. The highest BCUT2D eigenvalue weighted by Crippen LogP contribution is 2.36. The predicted molar refractivity (Wildman–Crippen MR) is 98.8 cm³/mol. The number of nitrogens with zero attached hydrogens (tertiary/aromatic N) is 1. The molecule has 0 atom stereocenters. The second-order valence-electron chi connectivity index (χ2n) is 6.32. The van der Waals surface area contributed by atoms with Gasteiger partial charge >= 0.3 is 0 Å². The highest BCUT2D eigenvalue weighted by molar-refractivity contribution is 5.79. The molecule has 1 aliphatic rings. The summed E-state index contributed by atoms with van der Waals surface area (Å²) in [6.45, 7) is 8.92. The van der Waals surface area contributed by atoms with Crippen molar-refractivity contribution in [3.05, 3.63) is 35.4 Å². The molecule has 1 fully saturated rings. The molecule has 0 unspecified atom stereocenters. The number of methoxy groups -OCH3 is 1. The fourth-order valence-corrected chi connectivity index (χ4v) is 3.29. The van der Waals surface area contributed by atoms with E-state index in [0.717, 1.165) is 51.6 Å². The quantitative estimate of drug-likeness (QED) is 0.456. The third-order valence-electron chi connectivity index (χ3n) is 4.65. The summed E-state index contributed by atoms with van der Waals surface area (Å²) in [7, 11) is 1.71. The third kappa shape index (κ3) is 4.95. The molecule has 2 rings (SSSR count). The van der Waals surface area contributed by atoms with Gasteiger partial charge in [-0.3, -0.25) is 4.99 Å². The van der Waals surface area contributed by atoms with Crippen LogP contribution in [0, 0.1) is 6.92 Å². The van der Waals surface area contributed by atoms with Crippen molar-refractivity contribution in [3.63, 3.8) is 0 Å². The molecule has 1 aromatic rings. The number of hydrogen-bond donors (Lipinski definition) is 2. The first-order valence-corrected chi connectivity index (χ1v) is 8.87. The molecule has 1 saturated heterocycles. The Kier molecular flexibility index (Phi) is 7.53. The lowest BCUT2D eigenvalue weighted by Gasteiger charge is -2.37. The summed E-state index contributed by atoms with van der Waals surface area (Å²) in [6.07, 6.45) is 2.03. The summed E-state index contributed by atoms with van der Waals surface area (Å²) in [6, 6.07) is 8.68. The summed E-state index contributed by atoms with van der Waals surface area (Å²) < 4.78 is 10.7. The fourth-order valence-electron chi connectivity index (χ4n) is 3.29. The second kappa shape index (κ2) is 9.64. The highest BCUT2D eigenvalue weighted by atomic mass is 16.5. The van der Waals surface area contributed by atoms with Gasteiger partial charge in [0, 0.05) is 38.8 Å².